The van der Waals surface area contributed by atoms with E-state index in [-0.39, 0.29) is 6.10 Å². The summed E-state index contributed by atoms with van der Waals surface area (Å²) in [6.45, 7) is 1.97. The molecular weight excluding hydrogens is 316 g/mol. The zero-order valence-electron chi connectivity index (χ0n) is 13.4. The van der Waals surface area contributed by atoms with E-state index < -0.39 is 9.04 Å². The molecule has 1 aliphatic heterocycles. The van der Waals surface area contributed by atoms with E-state index >= 15 is 0 Å². The summed E-state index contributed by atoms with van der Waals surface area (Å²) in [7, 11) is -1.70. The van der Waals surface area contributed by atoms with Crippen molar-refractivity contribution < 1.29 is 9.16 Å². The van der Waals surface area contributed by atoms with Gasteiger partial charge in [-0.05, 0) is 10.4 Å². The van der Waals surface area contributed by atoms with Crippen LogP contribution in [0.15, 0.2) is 73.1 Å². The first-order valence-electron chi connectivity index (χ1n) is 8.23. The lowest BCUT2D eigenvalue weighted by Gasteiger charge is -2.26. The molecule has 0 radical (unpaired) electrons. The maximum Gasteiger partial charge on any atom is 0.239 e. The summed E-state index contributed by atoms with van der Waals surface area (Å²) in [5, 5.41) is 2.59. The van der Waals surface area contributed by atoms with Crippen molar-refractivity contribution in [1.82, 2.24) is 9.55 Å². The Morgan fingerprint density at radius 3 is 2.38 bits per heavy atom. The first-order chi connectivity index (χ1) is 11.9. The number of nitrogens with zero attached hydrogens (tertiary/aromatic N) is 2. The third kappa shape index (κ3) is 3.33. The van der Waals surface area contributed by atoms with Crippen molar-refractivity contribution in [2.45, 2.75) is 19.3 Å². The van der Waals surface area contributed by atoms with Crippen molar-refractivity contribution in [3.05, 3.63) is 78.9 Å². The summed E-state index contributed by atoms with van der Waals surface area (Å²) >= 11 is 0. The maximum atomic E-state index is 6.43. The third-order valence-corrected chi connectivity index (χ3v) is 6.81. The first-order valence-corrected chi connectivity index (χ1v) is 9.86. The Kier molecular flexibility index (Phi) is 4.55. The van der Waals surface area contributed by atoms with E-state index in [1.165, 1.54) is 10.4 Å². The van der Waals surface area contributed by atoms with Crippen LogP contribution in [0.4, 0.5) is 0 Å². The van der Waals surface area contributed by atoms with E-state index in [1.807, 2.05) is 24.5 Å². The van der Waals surface area contributed by atoms with Crippen molar-refractivity contribution in [1.29, 1.82) is 0 Å². The molecule has 2 heterocycles. The van der Waals surface area contributed by atoms with Crippen LogP contribution in [0.1, 0.15) is 5.82 Å². The standard InChI is InChI=1S/C19H20N2O2Si/c1-3-7-17(8-4-1)24(18-9-5-2-6-10-18)23-14-16-13-21-12-11-20-19(21)15-22-16/h1-12,16,24H,13-15H2. The van der Waals surface area contributed by atoms with Crippen LogP contribution < -0.4 is 10.4 Å². The molecule has 0 saturated heterocycles. The number of fused-ring (bicyclic) bond motifs is 1. The molecule has 0 amide bonds. The zero-order valence-corrected chi connectivity index (χ0v) is 14.6. The predicted octanol–water partition coefficient (Wildman–Crippen LogP) is 1.34. The van der Waals surface area contributed by atoms with Gasteiger partial charge in [-0.1, -0.05) is 60.7 Å². The van der Waals surface area contributed by atoms with Crippen LogP contribution in [-0.2, 0) is 22.3 Å². The van der Waals surface area contributed by atoms with E-state index in [4.69, 9.17) is 9.16 Å². The van der Waals surface area contributed by atoms with Gasteiger partial charge in [-0.25, -0.2) is 4.98 Å². The van der Waals surface area contributed by atoms with Crippen molar-refractivity contribution >= 4 is 19.4 Å². The summed E-state index contributed by atoms with van der Waals surface area (Å²) < 4.78 is 14.5. The molecule has 0 spiro atoms. The lowest BCUT2D eigenvalue weighted by Crippen LogP contribution is -2.47. The highest BCUT2D eigenvalue weighted by Gasteiger charge is 2.23. The predicted molar refractivity (Wildman–Crippen MR) is 96.1 cm³/mol. The number of rotatable bonds is 5. The topological polar surface area (TPSA) is 36.3 Å². The van der Waals surface area contributed by atoms with Crippen LogP contribution in [0.3, 0.4) is 0 Å². The zero-order chi connectivity index (χ0) is 16.2. The number of hydrogen-bond acceptors (Lipinski definition) is 3. The second kappa shape index (κ2) is 7.13. The number of hydrogen-bond donors (Lipinski definition) is 0. The number of aromatic nitrogens is 2. The maximum absolute atomic E-state index is 6.43. The fourth-order valence-electron chi connectivity index (χ4n) is 3.06. The van der Waals surface area contributed by atoms with Gasteiger partial charge in [0.2, 0.25) is 9.04 Å². The fourth-order valence-corrected chi connectivity index (χ4v) is 5.38. The van der Waals surface area contributed by atoms with E-state index in [0.717, 1.165) is 12.4 Å². The monoisotopic (exact) mass is 336 g/mol. The number of imidazole rings is 1. The van der Waals surface area contributed by atoms with Crippen LogP contribution >= 0.6 is 0 Å². The van der Waals surface area contributed by atoms with Gasteiger partial charge in [0.25, 0.3) is 0 Å². The molecular formula is C19H20N2O2Si. The van der Waals surface area contributed by atoms with Crippen LogP contribution in [0.5, 0.6) is 0 Å². The molecule has 0 aliphatic carbocycles. The van der Waals surface area contributed by atoms with Crippen molar-refractivity contribution in [3.63, 3.8) is 0 Å². The van der Waals surface area contributed by atoms with Gasteiger partial charge in [0.15, 0.2) is 0 Å². The Bertz CT molecular complexity index is 737. The SMILES string of the molecule is c1ccc([SiH](OCC2Cn3ccnc3CO2)c2ccccc2)cc1. The van der Waals surface area contributed by atoms with Crippen LogP contribution in [0.2, 0.25) is 0 Å². The van der Waals surface area contributed by atoms with Gasteiger partial charge in [0.1, 0.15) is 12.4 Å². The molecule has 0 N–H and O–H groups in total. The van der Waals surface area contributed by atoms with Crippen molar-refractivity contribution in [3.8, 4) is 0 Å². The third-order valence-electron chi connectivity index (χ3n) is 4.30. The van der Waals surface area contributed by atoms with Crippen LogP contribution in [-0.4, -0.2) is 31.3 Å². The summed E-state index contributed by atoms with van der Waals surface area (Å²) in [5.74, 6) is 0.992. The molecule has 0 bridgehead atoms. The minimum absolute atomic E-state index is 0.0779. The molecule has 0 saturated carbocycles. The molecule has 1 atom stereocenters. The van der Waals surface area contributed by atoms with Gasteiger partial charge in [-0.3, -0.25) is 0 Å². The van der Waals surface area contributed by atoms with E-state index in [9.17, 15) is 0 Å². The van der Waals surface area contributed by atoms with Crippen LogP contribution in [0.25, 0.3) is 0 Å². The quantitative estimate of drug-likeness (QED) is 0.660. The molecule has 0 fully saturated rings. The molecule has 122 valence electrons. The molecule has 1 unspecified atom stereocenters. The molecule has 2 aromatic carbocycles. The highest BCUT2D eigenvalue weighted by Crippen LogP contribution is 2.12. The van der Waals surface area contributed by atoms with Gasteiger partial charge in [-0.15, -0.1) is 0 Å². The summed E-state index contributed by atoms with van der Waals surface area (Å²) in [6, 6.07) is 21.1. The Labute approximate surface area is 143 Å². The highest BCUT2D eigenvalue weighted by molar-refractivity contribution is 6.80. The Morgan fingerprint density at radius 1 is 1.04 bits per heavy atom. The van der Waals surface area contributed by atoms with E-state index in [2.05, 4.69) is 58.1 Å². The second-order valence-corrected chi connectivity index (χ2v) is 8.39. The van der Waals surface area contributed by atoms with Crippen molar-refractivity contribution in [2.24, 2.45) is 0 Å². The summed E-state index contributed by atoms with van der Waals surface area (Å²) in [4.78, 5) is 4.29. The molecule has 1 aliphatic rings. The minimum Gasteiger partial charge on any atom is -0.408 e. The van der Waals surface area contributed by atoms with Crippen LogP contribution in [0, 0.1) is 0 Å². The molecule has 4 nitrogen and oxygen atoms in total. The number of benzene rings is 2. The Balaban J connectivity index is 1.49. The summed E-state index contributed by atoms with van der Waals surface area (Å²) in [6.07, 6.45) is 3.91. The second-order valence-electron chi connectivity index (χ2n) is 5.96. The Morgan fingerprint density at radius 2 is 1.71 bits per heavy atom. The first kappa shape index (κ1) is 15.3. The molecule has 1 aromatic heterocycles. The largest absolute Gasteiger partial charge is 0.408 e. The van der Waals surface area contributed by atoms with Gasteiger partial charge in [-0.2, -0.15) is 0 Å². The minimum atomic E-state index is -1.70. The smallest absolute Gasteiger partial charge is 0.239 e. The van der Waals surface area contributed by atoms with Gasteiger partial charge < -0.3 is 13.7 Å². The van der Waals surface area contributed by atoms with Gasteiger partial charge in [0, 0.05) is 12.4 Å². The highest BCUT2D eigenvalue weighted by atomic mass is 28.3. The molecule has 5 heteroatoms. The average Bonchev–Trinajstić information content (AvgIpc) is 3.11. The summed E-state index contributed by atoms with van der Waals surface area (Å²) in [5.41, 5.74) is 0. The molecule has 24 heavy (non-hydrogen) atoms. The molecule has 4 rings (SSSR count). The van der Waals surface area contributed by atoms with Gasteiger partial charge >= 0.3 is 0 Å². The van der Waals surface area contributed by atoms with Gasteiger partial charge in [0.05, 0.1) is 19.3 Å². The Hall–Kier alpha value is -2.21. The lowest BCUT2D eigenvalue weighted by atomic mass is 10.3. The van der Waals surface area contributed by atoms with E-state index in [0.29, 0.717) is 13.2 Å². The van der Waals surface area contributed by atoms with Crippen molar-refractivity contribution in [2.75, 3.05) is 6.61 Å². The fraction of sp³-hybridized carbons (Fsp3) is 0.211. The number of ether oxygens (including phenoxy) is 1. The lowest BCUT2D eigenvalue weighted by molar-refractivity contribution is -0.0234. The normalized spacial score (nSPS) is 17.0. The molecule has 3 aromatic rings. The average molecular weight is 336 g/mol. The van der Waals surface area contributed by atoms with E-state index in [1.54, 1.807) is 0 Å².